The van der Waals surface area contributed by atoms with Crippen molar-refractivity contribution in [2.75, 3.05) is 33.2 Å². The lowest BCUT2D eigenvalue weighted by atomic mass is 10.2. The highest BCUT2D eigenvalue weighted by Gasteiger charge is 1.95. The van der Waals surface area contributed by atoms with Gasteiger partial charge >= 0.3 is 0 Å². The zero-order valence-electron chi connectivity index (χ0n) is 7.57. The molecule has 4 nitrogen and oxygen atoms in total. The summed E-state index contributed by atoms with van der Waals surface area (Å²) in [6.07, 6.45) is 3.93. The van der Waals surface area contributed by atoms with Crippen LogP contribution in [0.3, 0.4) is 0 Å². The molecule has 0 aromatic heterocycles. The Morgan fingerprint density at radius 2 is 1.17 bits per heavy atom. The van der Waals surface area contributed by atoms with Gasteiger partial charge in [0.2, 0.25) is 0 Å². The van der Waals surface area contributed by atoms with Crippen LogP contribution >= 0.6 is 0 Å². The van der Waals surface area contributed by atoms with Crippen LogP contribution in [0.4, 0.5) is 0 Å². The van der Waals surface area contributed by atoms with Crippen molar-refractivity contribution in [3.8, 4) is 0 Å². The van der Waals surface area contributed by atoms with E-state index in [0.29, 0.717) is 0 Å². The summed E-state index contributed by atoms with van der Waals surface area (Å²) >= 11 is 0. The molecule has 2 saturated heterocycles. The van der Waals surface area contributed by atoms with Gasteiger partial charge in [-0.25, -0.2) is 0 Å². The fourth-order valence-corrected chi connectivity index (χ4v) is 1.14. The molecule has 72 valence electrons. The second kappa shape index (κ2) is 7.49. The van der Waals surface area contributed by atoms with Gasteiger partial charge < -0.3 is 4.74 Å². The summed E-state index contributed by atoms with van der Waals surface area (Å²) in [5.41, 5.74) is 0. The van der Waals surface area contributed by atoms with Crippen molar-refractivity contribution >= 4 is 0 Å². The van der Waals surface area contributed by atoms with E-state index in [2.05, 4.69) is 16.0 Å². The summed E-state index contributed by atoms with van der Waals surface area (Å²) in [5, 5.41) is 9.19. The van der Waals surface area contributed by atoms with Crippen molar-refractivity contribution in [1.29, 1.82) is 0 Å². The molecule has 2 rings (SSSR count). The highest BCUT2D eigenvalue weighted by atomic mass is 16.5. The molecule has 0 amide bonds. The van der Waals surface area contributed by atoms with Gasteiger partial charge in [0.1, 0.15) is 0 Å². The van der Waals surface area contributed by atoms with Crippen LogP contribution < -0.4 is 16.0 Å². The van der Waals surface area contributed by atoms with Crippen molar-refractivity contribution in [1.82, 2.24) is 16.0 Å². The highest BCUT2D eigenvalue weighted by Crippen LogP contribution is 2.02. The molecule has 2 aliphatic heterocycles. The van der Waals surface area contributed by atoms with E-state index in [1.165, 1.54) is 19.3 Å². The number of hydrogen-bond acceptors (Lipinski definition) is 4. The number of ether oxygens (including phenoxy) is 1. The minimum atomic E-state index is 0.938. The van der Waals surface area contributed by atoms with E-state index in [1.54, 1.807) is 0 Å². The Hall–Kier alpha value is -0.160. The molecule has 0 atom stereocenters. The minimum absolute atomic E-state index is 0.938. The molecular formula is C8H19N3O. The minimum Gasteiger partial charge on any atom is -0.381 e. The van der Waals surface area contributed by atoms with E-state index in [1.807, 2.05) is 0 Å². The van der Waals surface area contributed by atoms with E-state index < -0.39 is 0 Å². The first-order chi connectivity index (χ1) is 6.00. The molecule has 0 aliphatic carbocycles. The van der Waals surface area contributed by atoms with Gasteiger partial charge in [-0.3, -0.25) is 16.0 Å². The lowest BCUT2D eigenvalue weighted by molar-refractivity contribution is 0.0968. The Bertz CT molecular complexity index is 57.3. The van der Waals surface area contributed by atoms with Crippen molar-refractivity contribution in [3.05, 3.63) is 0 Å². The number of nitrogens with one attached hydrogen (secondary N) is 3. The first-order valence-electron chi connectivity index (χ1n) is 4.70. The molecule has 2 heterocycles. The fraction of sp³-hybridized carbons (Fsp3) is 1.00. The SMILES string of the molecule is C1CCOCC1.C1NCNCN1. The van der Waals surface area contributed by atoms with E-state index in [9.17, 15) is 0 Å². The fourth-order valence-electron chi connectivity index (χ4n) is 1.14. The van der Waals surface area contributed by atoms with Gasteiger partial charge in [-0.15, -0.1) is 0 Å². The molecule has 2 aliphatic rings. The zero-order valence-corrected chi connectivity index (χ0v) is 7.57. The van der Waals surface area contributed by atoms with E-state index in [4.69, 9.17) is 4.74 Å². The Kier molecular flexibility index (Phi) is 6.19. The molecule has 2 fully saturated rings. The van der Waals surface area contributed by atoms with Crippen LogP contribution in [-0.4, -0.2) is 33.2 Å². The average molecular weight is 173 g/mol. The molecule has 0 bridgehead atoms. The molecule has 0 saturated carbocycles. The third-order valence-electron chi connectivity index (χ3n) is 1.83. The zero-order chi connectivity index (χ0) is 8.49. The van der Waals surface area contributed by atoms with Crippen molar-refractivity contribution in [2.45, 2.75) is 19.3 Å². The Morgan fingerprint density at radius 3 is 1.33 bits per heavy atom. The third-order valence-corrected chi connectivity index (χ3v) is 1.83. The van der Waals surface area contributed by atoms with E-state index in [-0.39, 0.29) is 0 Å². The van der Waals surface area contributed by atoms with Crippen LogP contribution in [0, 0.1) is 0 Å². The molecule has 0 aromatic carbocycles. The summed E-state index contributed by atoms with van der Waals surface area (Å²) in [6, 6.07) is 0. The smallest absolute Gasteiger partial charge is 0.0474 e. The number of hydrogen-bond donors (Lipinski definition) is 3. The predicted molar refractivity (Wildman–Crippen MR) is 48.7 cm³/mol. The summed E-state index contributed by atoms with van der Waals surface area (Å²) in [7, 11) is 0. The Morgan fingerprint density at radius 1 is 0.667 bits per heavy atom. The summed E-state index contributed by atoms with van der Waals surface area (Å²) in [5.74, 6) is 0. The van der Waals surface area contributed by atoms with Crippen LogP contribution in [0.1, 0.15) is 19.3 Å². The molecule has 0 unspecified atom stereocenters. The largest absolute Gasteiger partial charge is 0.381 e. The van der Waals surface area contributed by atoms with Gasteiger partial charge in [0.05, 0.1) is 0 Å². The average Bonchev–Trinajstić information content (AvgIpc) is 2.24. The van der Waals surface area contributed by atoms with Gasteiger partial charge in [0.25, 0.3) is 0 Å². The predicted octanol–water partition coefficient (Wildman–Crippen LogP) is -0.172. The summed E-state index contributed by atoms with van der Waals surface area (Å²) in [4.78, 5) is 0. The highest BCUT2D eigenvalue weighted by molar-refractivity contribution is 4.49. The lowest BCUT2D eigenvalue weighted by Crippen LogP contribution is -2.47. The van der Waals surface area contributed by atoms with Gasteiger partial charge in [-0.1, -0.05) is 0 Å². The van der Waals surface area contributed by atoms with Gasteiger partial charge in [-0.05, 0) is 19.3 Å². The van der Waals surface area contributed by atoms with Gasteiger partial charge in [0.15, 0.2) is 0 Å². The van der Waals surface area contributed by atoms with Crippen LogP contribution in [0.15, 0.2) is 0 Å². The van der Waals surface area contributed by atoms with Crippen LogP contribution in [0.2, 0.25) is 0 Å². The second-order valence-electron chi connectivity index (χ2n) is 2.95. The topological polar surface area (TPSA) is 45.3 Å². The van der Waals surface area contributed by atoms with Crippen LogP contribution in [0.5, 0.6) is 0 Å². The summed E-state index contributed by atoms with van der Waals surface area (Å²) < 4.78 is 5.07. The molecule has 4 heteroatoms. The quantitative estimate of drug-likeness (QED) is 0.476. The first-order valence-corrected chi connectivity index (χ1v) is 4.70. The third kappa shape index (κ3) is 5.49. The summed E-state index contributed by atoms with van der Waals surface area (Å²) in [6.45, 7) is 4.81. The van der Waals surface area contributed by atoms with Crippen molar-refractivity contribution in [2.24, 2.45) is 0 Å². The Balaban J connectivity index is 0.000000120. The molecule has 12 heavy (non-hydrogen) atoms. The lowest BCUT2D eigenvalue weighted by Gasteiger charge is -2.13. The van der Waals surface area contributed by atoms with Crippen LogP contribution in [-0.2, 0) is 4.74 Å². The van der Waals surface area contributed by atoms with Crippen LogP contribution in [0.25, 0.3) is 0 Å². The monoisotopic (exact) mass is 173 g/mol. The van der Waals surface area contributed by atoms with Gasteiger partial charge in [0, 0.05) is 33.2 Å². The Labute approximate surface area is 74.1 Å². The maximum Gasteiger partial charge on any atom is 0.0474 e. The standard InChI is InChI=1S/C5H10O.C3H9N3/c1-2-4-6-5-3-1;1-4-2-6-3-5-1/h1-5H2;4-6H,1-3H2. The van der Waals surface area contributed by atoms with Crippen molar-refractivity contribution < 1.29 is 4.74 Å². The van der Waals surface area contributed by atoms with E-state index >= 15 is 0 Å². The molecule has 0 radical (unpaired) electrons. The molecular weight excluding hydrogens is 154 g/mol. The molecule has 3 N–H and O–H groups in total. The molecule has 0 aromatic rings. The first kappa shape index (κ1) is 9.92. The van der Waals surface area contributed by atoms with Gasteiger partial charge in [-0.2, -0.15) is 0 Å². The maximum atomic E-state index is 5.07. The molecule has 0 spiro atoms. The maximum absolute atomic E-state index is 5.07. The normalized spacial score (nSPS) is 24.0. The van der Waals surface area contributed by atoms with E-state index in [0.717, 1.165) is 33.2 Å². The van der Waals surface area contributed by atoms with Crippen molar-refractivity contribution in [3.63, 3.8) is 0 Å². The number of rotatable bonds is 0. The second-order valence-corrected chi connectivity index (χ2v) is 2.95.